The molecule has 1 aromatic carbocycles. The summed E-state index contributed by atoms with van der Waals surface area (Å²) < 4.78 is 0.629. The van der Waals surface area contributed by atoms with Crippen LogP contribution in [0.1, 0.15) is 16.7 Å². The van der Waals surface area contributed by atoms with E-state index in [1.165, 1.54) is 0 Å². The van der Waals surface area contributed by atoms with E-state index in [1.54, 1.807) is 13.0 Å². The number of phenolic OH excluding ortho intramolecular Hbond substituents is 1. The van der Waals surface area contributed by atoms with Crippen LogP contribution in [0.5, 0.6) is 5.75 Å². The van der Waals surface area contributed by atoms with Crippen molar-refractivity contribution >= 4 is 21.9 Å². The fourth-order valence-electron chi connectivity index (χ4n) is 1.28. The Balaban J connectivity index is 3.25. The molecule has 0 aromatic heterocycles. The highest BCUT2D eigenvalue weighted by Gasteiger charge is 2.12. The van der Waals surface area contributed by atoms with Crippen LogP contribution in [0.2, 0.25) is 0 Å². The molecular formula is C10H11BrO3. The number of hydrogen-bond donors (Lipinski definition) is 2. The van der Waals surface area contributed by atoms with Crippen molar-refractivity contribution in [3.63, 3.8) is 0 Å². The van der Waals surface area contributed by atoms with Gasteiger partial charge in [0.15, 0.2) is 0 Å². The number of aryl methyl sites for hydroxylation is 1. The van der Waals surface area contributed by atoms with Gasteiger partial charge in [0.1, 0.15) is 5.75 Å². The van der Waals surface area contributed by atoms with Crippen LogP contribution in [0.3, 0.4) is 0 Å². The van der Waals surface area contributed by atoms with E-state index >= 15 is 0 Å². The van der Waals surface area contributed by atoms with Gasteiger partial charge in [0.2, 0.25) is 0 Å². The molecule has 1 aromatic rings. The van der Waals surface area contributed by atoms with Crippen LogP contribution in [0.4, 0.5) is 0 Å². The third-order valence-corrected chi connectivity index (χ3v) is 3.12. The standard InChI is InChI=1S/C10H11BrO3/c1-5-3-7(4-8(12)13)6(2)10(14)9(5)11/h3,14H,4H2,1-2H3,(H,12,13). The number of carboxylic acid groups (broad SMARTS) is 1. The number of phenols is 1. The molecular weight excluding hydrogens is 248 g/mol. The second-order valence-corrected chi connectivity index (χ2v) is 4.00. The summed E-state index contributed by atoms with van der Waals surface area (Å²) in [5.41, 5.74) is 2.10. The number of aromatic hydroxyl groups is 1. The summed E-state index contributed by atoms with van der Waals surface area (Å²) in [5, 5.41) is 18.3. The van der Waals surface area contributed by atoms with E-state index in [2.05, 4.69) is 15.9 Å². The zero-order valence-electron chi connectivity index (χ0n) is 7.97. The largest absolute Gasteiger partial charge is 0.506 e. The zero-order valence-corrected chi connectivity index (χ0v) is 9.55. The van der Waals surface area contributed by atoms with E-state index in [0.29, 0.717) is 15.6 Å². The Morgan fingerprint density at radius 2 is 2.07 bits per heavy atom. The van der Waals surface area contributed by atoms with Crippen LogP contribution in [0, 0.1) is 13.8 Å². The van der Waals surface area contributed by atoms with Crippen molar-refractivity contribution in [1.82, 2.24) is 0 Å². The first-order valence-electron chi connectivity index (χ1n) is 4.12. The van der Waals surface area contributed by atoms with Gasteiger partial charge in [-0.05, 0) is 46.5 Å². The summed E-state index contributed by atoms with van der Waals surface area (Å²) in [6, 6.07) is 1.77. The van der Waals surface area contributed by atoms with E-state index in [4.69, 9.17) is 5.11 Å². The lowest BCUT2D eigenvalue weighted by Gasteiger charge is -2.10. The van der Waals surface area contributed by atoms with E-state index in [1.807, 2.05) is 6.92 Å². The fraction of sp³-hybridized carbons (Fsp3) is 0.300. The number of benzene rings is 1. The molecule has 0 amide bonds. The summed E-state index contributed by atoms with van der Waals surface area (Å²) in [7, 11) is 0. The smallest absolute Gasteiger partial charge is 0.307 e. The molecule has 4 heteroatoms. The predicted molar refractivity (Wildman–Crippen MR) is 56.6 cm³/mol. The molecule has 0 aliphatic carbocycles. The van der Waals surface area contributed by atoms with Gasteiger partial charge < -0.3 is 10.2 Å². The lowest BCUT2D eigenvalue weighted by molar-refractivity contribution is -0.136. The maximum Gasteiger partial charge on any atom is 0.307 e. The van der Waals surface area contributed by atoms with Crippen molar-refractivity contribution in [2.24, 2.45) is 0 Å². The van der Waals surface area contributed by atoms with Crippen molar-refractivity contribution in [1.29, 1.82) is 0 Å². The Bertz CT molecular complexity index is 385. The highest BCUT2D eigenvalue weighted by Crippen LogP contribution is 2.33. The molecule has 0 aliphatic heterocycles. The van der Waals surface area contributed by atoms with Gasteiger partial charge in [-0.25, -0.2) is 0 Å². The van der Waals surface area contributed by atoms with Gasteiger partial charge in [-0.1, -0.05) is 6.07 Å². The van der Waals surface area contributed by atoms with Gasteiger partial charge in [0.05, 0.1) is 10.9 Å². The normalized spacial score (nSPS) is 10.2. The SMILES string of the molecule is Cc1cc(CC(=O)O)c(C)c(O)c1Br. The van der Waals surface area contributed by atoms with Crippen molar-refractivity contribution in [2.75, 3.05) is 0 Å². The van der Waals surface area contributed by atoms with Crippen LogP contribution < -0.4 is 0 Å². The Kier molecular flexibility index (Phi) is 3.16. The van der Waals surface area contributed by atoms with Gasteiger partial charge >= 0.3 is 5.97 Å². The lowest BCUT2D eigenvalue weighted by Crippen LogP contribution is -2.03. The van der Waals surface area contributed by atoms with Crippen molar-refractivity contribution in [2.45, 2.75) is 20.3 Å². The topological polar surface area (TPSA) is 57.5 Å². The minimum absolute atomic E-state index is 0.0620. The minimum atomic E-state index is -0.894. The van der Waals surface area contributed by atoms with Crippen LogP contribution >= 0.6 is 15.9 Å². The van der Waals surface area contributed by atoms with Gasteiger partial charge in [0.25, 0.3) is 0 Å². The van der Waals surface area contributed by atoms with Gasteiger partial charge in [-0.15, -0.1) is 0 Å². The van der Waals surface area contributed by atoms with Crippen LogP contribution in [-0.2, 0) is 11.2 Å². The first kappa shape index (κ1) is 11.0. The minimum Gasteiger partial charge on any atom is -0.506 e. The van der Waals surface area contributed by atoms with Crippen molar-refractivity contribution in [3.05, 3.63) is 27.2 Å². The number of carboxylic acids is 1. The molecule has 0 fully saturated rings. The average Bonchev–Trinajstić information content (AvgIpc) is 2.10. The molecule has 1 rings (SSSR count). The molecule has 0 radical (unpaired) electrons. The molecule has 0 spiro atoms. The van der Waals surface area contributed by atoms with Crippen LogP contribution in [0.25, 0.3) is 0 Å². The summed E-state index contributed by atoms with van der Waals surface area (Å²) in [4.78, 5) is 10.5. The molecule has 0 unspecified atom stereocenters. The molecule has 0 bridgehead atoms. The Morgan fingerprint density at radius 3 is 2.57 bits per heavy atom. The number of carbonyl (C=O) groups is 1. The number of halogens is 1. The quantitative estimate of drug-likeness (QED) is 0.857. The third kappa shape index (κ3) is 2.07. The zero-order chi connectivity index (χ0) is 10.9. The van der Waals surface area contributed by atoms with Gasteiger partial charge in [0, 0.05) is 0 Å². The molecule has 14 heavy (non-hydrogen) atoms. The Labute approximate surface area is 90.5 Å². The molecule has 0 atom stereocenters. The monoisotopic (exact) mass is 258 g/mol. The summed E-state index contributed by atoms with van der Waals surface area (Å²) >= 11 is 3.23. The molecule has 0 heterocycles. The van der Waals surface area contributed by atoms with E-state index in [0.717, 1.165) is 5.56 Å². The third-order valence-electron chi connectivity index (χ3n) is 2.12. The Hall–Kier alpha value is -1.03. The molecule has 2 N–H and O–H groups in total. The molecule has 0 aliphatic rings. The second-order valence-electron chi connectivity index (χ2n) is 3.21. The Morgan fingerprint density at radius 1 is 1.50 bits per heavy atom. The predicted octanol–water partition coefficient (Wildman–Crippen LogP) is 2.40. The molecule has 3 nitrogen and oxygen atoms in total. The van der Waals surface area contributed by atoms with E-state index < -0.39 is 5.97 Å². The second kappa shape index (κ2) is 4.00. The van der Waals surface area contributed by atoms with Crippen molar-refractivity contribution in [3.8, 4) is 5.75 Å². The molecule has 76 valence electrons. The van der Waals surface area contributed by atoms with Gasteiger partial charge in [-0.2, -0.15) is 0 Å². The fourth-order valence-corrected chi connectivity index (χ4v) is 1.69. The van der Waals surface area contributed by atoms with Crippen LogP contribution in [0.15, 0.2) is 10.5 Å². The highest BCUT2D eigenvalue weighted by atomic mass is 79.9. The summed E-state index contributed by atoms with van der Waals surface area (Å²) in [6.45, 7) is 3.52. The van der Waals surface area contributed by atoms with Gasteiger partial charge in [-0.3, -0.25) is 4.79 Å². The maximum absolute atomic E-state index is 10.5. The summed E-state index contributed by atoms with van der Waals surface area (Å²) in [5.74, 6) is -0.768. The number of rotatable bonds is 2. The van der Waals surface area contributed by atoms with Crippen LogP contribution in [-0.4, -0.2) is 16.2 Å². The lowest BCUT2D eigenvalue weighted by atomic mass is 10.0. The first-order chi connectivity index (χ1) is 6.43. The van der Waals surface area contributed by atoms with Crippen molar-refractivity contribution < 1.29 is 15.0 Å². The highest BCUT2D eigenvalue weighted by molar-refractivity contribution is 9.10. The number of aliphatic carboxylic acids is 1. The molecule has 0 saturated carbocycles. The maximum atomic E-state index is 10.5. The molecule has 0 saturated heterocycles. The average molecular weight is 259 g/mol. The number of hydrogen-bond acceptors (Lipinski definition) is 2. The first-order valence-corrected chi connectivity index (χ1v) is 4.92. The summed E-state index contributed by atoms with van der Waals surface area (Å²) in [6.07, 6.45) is -0.0620. The van der Waals surface area contributed by atoms with E-state index in [-0.39, 0.29) is 12.2 Å². The van der Waals surface area contributed by atoms with E-state index in [9.17, 15) is 9.90 Å².